The molecular weight excluding hydrogens is 394 g/mol. The fourth-order valence-corrected chi connectivity index (χ4v) is 3.14. The summed E-state index contributed by atoms with van der Waals surface area (Å²) in [6.07, 6.45) is 1.32. The topological polar surface area (TPSA) is 79.8 Å². The van der Waals surface area contributed by atoms with E-state index in [-0.39, 0.29) is 11.4 Å². The zero-order valence-corrected chi connectivity index (χ0v) is 17.9. The molecule has 0 aliphatic carbocycles. The SMILES string of the molecule is COc1cc(N2CCN(C(=O)OC(C)(C)C)CC2)ccc1Nc1ccnc(Cl)n1. The van der Waals surface area contributed by atoms with Gasteiger partial charge < -0.3 is 24.6 Å². The number of nitrogens with zero attached hydrogens (tertiary/aromatic N) is 4. The molecule has 2 aromatic rings. The number of benzene rings is 1. The quantitative estimate of drug-likeness (QED) is 0.751. The summed E-state index contributed by atoms with van der Waals surface area (Å²) >= 11 is 5.84. The number of carbonyl (C=O) groups is 1. The zero-order chi connectivity index (χ0) is 21.0. The van der Waals surface area contributed by atoms with Gasteiger partial charge in [0.25, 0.3) is 0 Å². The van der Waals surface area contributed by atoms with Crippen molar-refractivity contribution in [1.82, 2.24) is 14.9 Å². The minimum Gasteiger partial charge on any atom is -0.494 e. The van der Waals surface area contributed by atoms with Crippen LogP contribution in [0.15, 0.2) is 30.5 Å². The maximum absolute atomic E-state index is 12.2. The summed E-state index contributed by atoms with van der Waals surface area (Å²) in [5, 5.41) is 3.36. The Hall–Kier alpha value is -2.74. The van der Waals surface area contributed by atoms with Gasteiger partial charge in [-0.15, -0.1) is 0 Å². The molecule has 1 aromatic carbocycles. The average Bonchev–Trinajstić information content (AvgIpc) is 2.67. The van der Waals surface area contributed by atoms with Crippen LogP contribution in [0.4, 0.5) is 22.0 Å². The number of hydrogen-bond donors (Lipinski definition) is 1. The smallest absolute Gasteiger partial charge is 0.410 e. The van der Waals surface area contributed by atoms with Gasteiger partial charge in [-0.3, -0.25) is 0 Å². The molecule has 3 rings (SSSR count). The van der Waals surface area contributed by atoms with Crippen molar-refractivity contribution in [2.24, 2.45) is 0 Å². The van der Waals surface area contributed by atoms with Gasteiger partial charge in [-0.05, 0) is 50.6 Å². The summed E-state index contributed by atoms with van der Waals surface area (Å²) in [7, 11) is 1.62. The minimum absolute atomic E-state index is 0.174. The standard InChI is InChI=1S/C20H26ClN5O3/c1-20(2,3)29-19(27)26-11-9-25(10-12-26)14-5-6-15(16(13-14)28-4)23-17-7-8-22-18(21)24-17/h5-8,13H,9-12H2,1-4H3,(H,22,23,24). The first-order valence-electron chi connectivity index (χ1n) is 9.41. The van der Waals surface area contributed by atoms with Crippen molar-refractivity contribution in [3.8, 4) is 5.75 Å². The number of ether oxygens (including phenoxy) is 2. The molecule has 1 fully saturated rings. The highest BCUT2D eigenvalue weighted by molar-refractivity contribution is 6.28. The number of hydrogen-bond acceptors (Lipinski definition) is 7. The van der Waals surface area contributed by atoms with E-state index < -0.39 is 5.60 Å². The molecule has 0 bridgehead atoms. The van der Waals surface area contributed by atoms with E-state index in [2.05, 4.69) is 20.2 Å². The Morgan fingerprint density at radius 1 is 1.17 bits per heavy atom. The molecule has 0 atom stereocenters. The molecule has 1 amide bonds. The lowest BCUT2D eigenvalue weighted by molar-refractivity contribution is 0.0240. The molecule has 8 nitrogen and oxygen atoms in total. The predicted molar refractivity (Wildman–Crippen MR) is 113 cm³/mol. The molecule has 1 aromatic heterocycles. The summed E-state index contributed by atoms with van der Waals surface area (Å²) in [4.78, 5) is 24.2. The Bertz CT molecular complexity index is 863. The van der Waals surface area contributed by atoms with E-state index in [0.29, 0.717) is 24.7 Å². The van der Waals surface area contributed by atoms with Gasteiger partial charge in [0.05, 0.1) is 12.8 Å². The van der Waals surface area contributed by atoms with Crippen LogP contribution in [0.2, 0.25) is 5.28 Å². The second kappa shape index (κ2) is 8.73. The molecule has 0 saturated carbocycles. The number of aromatic nitrogens is 2. The molecule has 156 valence electrons. The first-order chi connectivity index (χ1) is 13.7. The predicted octanol–water partition coefficient (Wildman–Crippen LogP) is 3.94. The molecule has 2 heterocycles. The number of rotatable bonds is 4. The summed E-state index contributed by atoms with van der Waals surface area (Å²) in [6.45, 7) is 8.27. The minimum atomic E-state index is -0.488. The third kappa shape index (κ3) is 5.63. The lowest BCUT2D eigenvalue weighted by atomic mass is 10.2. The molecule has 9 heteroatoms. The van der Waals surface area contributed by atoms with E-state index >= 15 is 0 Å². The van der Waals surface area contributed by atoms with E-state index in [4.69, 9.17) is 21.1 Å². The van der Waals surface area contributed by atoms with E-state index in [0.717, 1.165) is 24.5 Å². The van der Waals surface area contributed by atoms with E-state index in [1.54, 1.807) is 24.3 Å². The van der Waals surface area contributed by atoms with Crippen LogP contribution < -0.4 is 15.0 Å². The Kier molecular flexibility index (Phi) is 6.32. The van der Waals surface area contributed by atoms with Crippen molar-refractivity contribution in [1.29, 1.82) is 0 Å². The molecular formula is C20H26ClN5O3. The number of methoxy groups -OCH3 is 1. The van der Waals surface area contributed by atoms with Gasteiger partial charge in [0.2, 0.25) is 5.28 Å². The van der Waals surface area contributed by atoms with Crippen LogP contribution >= 0.6 is 11.6 Å². The third-order valence-electron chi connectivity index (χ3n) is 4.37. The van der Waals surface area contributed by atoms with E-state index in [1.807, 2.05) is 39.0 Å². The lowest BCUT2D eigenvalue weighted by Gasteiger charge is -2.37. The highest BCUT2D eigenvalue weighted by atomic mass is 35.5. The Morgan fingerprint density at radius 3 is 2.52 bits per heavy atom. The monoisotopic (exact) mass is 419 g/mol. The molecule has 29 heavy (non-hydrogen) atoms. The summed E-state index contributed by atoms with van der Waals surface area (Å²) in [5.41, 5.74) is 1.31. The largest absolute Gasteiger partial charge is 0.494 e. The van der Waals surface area contributed by atoms with Crippen LogP contribution in [0.1, 0.15) is 20.8 Å². The molecule has 1 N–H and O–H groups in total. The van der Waals surface area contributed by atoms with Gasteiger partial charge in [-0.2, -0.15) is 0 Å². The number of carbonyl (C=O) groups excluding carboxylic acids is 1. The van der Waals surface area contributed by atoms with Crippen molar-refractivity contribution in [3.05, 3.63) is 35.7 Å². The summed E-state index contributed by atoms with van der Waals surface area (Å²) in [5.74, 6) is 1.27. The van der Waals surface area contributed by atoms with Crippen LogP contribution in [0.25, 0.3) is 0 Å². The van der Waals surface area contributed by atoms with E-state index in [1.165, 1.54) is 0 Å². The maximum Gasteiger partial charge on any atom is 0.410 e. The van der Waals surface area contributed by atoms with Crippen LogP contribution in [-0.4, -0.2) is 59.9 Å². The third-order valence-corrected chi connectivity index (χ3v) is 4.55. The molecule has 1 aliphatic rings. The number of halogens is 1. The van der Waals surface area contributed by atoms with Gasteiger partial charge in [-0.1, -0.05) is 0 Å². The zero-order valence-electron chi connectivity index (χ0n) is 17.1. The molecule has 0 unspecified atom stereocenters. The summed E-state index contributed by atoms with van der Waals surface area (Å²) < 4.78 is 11.0. The Labute approximate surface area is 175 Å². The van der Waals surface area contributed by atoms with Crippen molar-refractivity contribution >= 4 is 34.9 Å². The van der Waals surface area contributed by atoms with Crippen molar-refractivity contribution in [2.75, 3.05) is 43.5 Å². The van der Waals surface area contributed by atoms with Crippen molar-refractivity contribution in [3.63, 3.8) is 0 Å². The fourth-order valence-electron chi connectivity index (χ4n) is 3.00. The van der Waals surface area contributed by atoms with Crippen molar-refractivity contribution < 1.29 is 14.3 Å². The number of amides is 1. The second-order valence-electron chi connectivity index (χ2n) is 7.67. The van der Waals surface area contributed by atoms with Crippen LogP contribution in [0.5, 0.6) is 5.75 Å². The second-order valence-corrected chi connectivity index (χ2v) is 8.01. The van der Waals surface area contributed by atoms with Gasteiger partial charge in [0.1, 0.15) is 17.2 Å². The van der Waals surface area contributed by atoms with Gasteiger partial charge >= 0.3 is 6.09 Å². The van der Waals surface area contributed by atoms with Gasteiger partial charge in [0, 0.05) is 44.1 Å². The average molecular weight is 420 g/mol. The van der Waals surface area contributed by atoms with Gasteiger partial charge in [0.15, 0.2) is 0 Å². The van der Waals surface area contributed by atoms with Crippen molar-refractivity contribution in [2.45, 2.75) is 26.4 Å². The maximum atomic E-state index is 12.2. The van der Waals surface area contributed by atoms with Crippen LogP contribution in [-0.2, 0) is 4.74 Å². The molecule has 1 saturated heterocycles. The summed E-state index contributed by atoms with van der Waals surface area (Å²) in [6, 6.07) is 7.64. The van der Waals surface area contributed by atoms with Gasteiger partial charge in [-0.25, -0.2) is 14.8 Å². The first-order valence-corrected chi connectivity index (χ1v) is 9.79. The Morgan fingerprint density at radius 2 is 1.90 bits per heavy atom. The van der Waals surface area contributed by atoms with Crippen LogP contribution in [0.3, 0.4) is 0 Å². The molecule has 0 spiro atoms. The lowest BCUT2D eigenvalue weighted by Crippen LogP contribution is -2.50. The normalized spacial score (nSPS) is 14.5. The number of anilines is 3. The Balaban J connectivity index is 1.65. The molecule has 0 radical (unpaired) electrons. The first kappa shape index (κ1) is 21.0. The highest BCUT2D eigenvalue weighted by Gasteiger charge is 2.26. The van der Waals surface area contributed by atoms with E-state index in [9.17, 15) is 4.79 Å². The fraction of sp³-hybridized carbons (Fsp3) is 0.450. The highest BCUT2D eigenvalue weighted by Crippen LogP contribution is 2.32. The van der Waals surface area contributed by atoms with Crippen LogP contribution in [0, 0.1) is 0 Å². The number of piperazine rings is 1. The molecule has 1 aliphatic heterocycles. The number of nitrogens with one attached hydrogen (secondary N) is 1.